The summed E-state index contributed by atoms with van der Waals surface area (Å²) in [5.41, 5.74) is 1.47. The molecule has 0 aliphatic carbocycles. The van der Waals surface area contributed by atoms with Crippen LogP contribution in [0.2, 0.25) is 5.02 Å². The first-order chi connectivity index (χ1) is 9.60. The second-order valence-corrected chi connectivity index (χ2v) is 6.05. The van der Waals surface area contributed by atoms with Crippen LogP contribution in [0.4, 0.5) is 4.39 Å². The van der Waals surface area contributed by atoms with Crippen LogP contribution >= 0.6 is 27.5 Å². The fraction of sp³-hybridized carbons (Fsp3) is 0.467. The minimum atomic E-state index is -0.390. The van der Waals surface area contributed by atoms with Crippen LogP contribution in [-0.2, 0) is 13.0 Å². The maximum atomic E-state index is 14.3. The van der Waals surface area contributed by atoms with E-state index in [2.05, 4.69) is 35.1 Å². The molecule has 1 N–H and O–H groups in total. The fourth-order valence-corrected chi connectivity index (χ4v) is 3.15. The molecule has 0 aliphatic heterocycles. The highest BCUT2D eigenvalue weighted by molar-refractivity contribution is 9.10. The van der Waals surface area contributed by atoms with E-state index in [1.54, 1.807) is 6.07 Å². The van der Waals surface area contributed by atoms with Gasteiger partial charge in [-0.1, -0.05) is 31.9 Å². The smallest absolute Gasteiger partial charge is 0.153 e. The predicted molar refractivity (Wildman–Crippen MR) is 84.9 cm³/mol. The summed E-state index contributed by atoms with van der Waals surface area (Å²) >= 11 is 9.34. The van der Waals surface area contributed by atoms with Gasteiger partial charge in [-0.15, -0.1) is 0 Å². The van der Waals surface area contributed by atoms with Gasteiger partial charge in [0.15, 0.2) is 11.4 Å². The summed E-state index contributed by atoms with van der Waals surface area (Å²) in [6.07, 6.45) is 2.76. The molecule has 2 aromatic rings. The molecule has 20 heavy (non-hydrogen) atoms. The molecule has 0 fully saturated rings. The Morgan fingerprint density at radius 2 is 2.10 bits per heavy atom. The van der Waals surface area contributed by atoms with E-state index in [1.165, 1.54) is 0 Å². The van der Waals surface area contributed by atoms with Gasteiger partial charge in [0.05, 0.1) is 21.4 Å². The normalized spacial score (nSPS) is 11.4. The number of hydrogen-bond acceptors (Lipinski definition) is 2. The topological polar surface area (TPSA) is 25.2 Å². The predicted octanol–water partition coefficient (Wildman–Crippen LogP) is 5.44. The third-order valence-corrected chi connectivity index (χ3v) is 4.07. The van der Waals surface area contributed by atoms with Gasteiger partial charge in [-0.25, -0.2) is 4.39 Å². The molecule has 110 valence electrons. The number of furan rings is 1. The van der Waals surface area contributed by atoms with E-state index in [1.807, 2.05) is 0 Å². The monoisotopic (exact) mass is 361 g/mol. The first kappa shape index (κ1) is 15.8. The van der Waals surface area contributed by atoms with Gasteiger partial charge >= 0.3 is 0 Å². The molecule has 0 radical (unpaired) electrons. The summed E-state index contributed by atoms with van der Waals surface area (Å²) in [6.45, 7) is 5.70. The van der Waals surface area contributed by atoms with Gasteiger partial charge in [0.1, 0.15) is 5.76 Å². The Morgan fingerprint density at radius 3 is 2.75 bits per heavy atom. The summed E-state index contributed by atoms with van der Waals surface area (Å²) in [4.78, 5) is 0. The molecule has 0 bridgehead atoms. The molecule has 2 rings (SSSR count). The Morgan fingerprint density at radius 1 is 1.35 bits per heavy atom. The maximum Gasteiger partial charge on any atom is 0.153 e. The van der Waals surface area contributed by atoms with Gasteiger partial charge in [0, 0.05) is 5.56 Å². The number of hydrogen-bond donors (Lipinski definition) is 1. The van der Waals surface area contributed by atoms with Gasteiger partial charge in [-0.05, 0) is 41.4 Å². The van der Waals surface area contributed by atoms with Gasteiger partial charge in [0.25, 0.3) is 0 Å². The van der Waals surface area contributed by atoms with Crippen molar-refractivity contribution < 1.29 is 8.81 Å². The minimum Gasteiger partial charge on any atom is -0.458 e. The van der Waals surface area contributed by atoms with E-state index in [0.29, 0.717) is 22.0 Å². The highest BCUT2D eigenvalue weighted by Gasteiger charge is 2.21. The van der Waals surface area contributed by atoms with E-state index >= 15 is 0 Å². The molecule has 0 saturated heterocycles. The number of fused-ring (bicyclic) bond motifs is 1. The Labute approximate surface area is 131 Å². The van der Waals surface area contributed by atoms with Crippen LogP contribution in [-0.4, -0.2) is 6.54 Å². The highest BCUT2D eigenvalue weighted by atomic mass is 79.9. The van der Waals surface area contributed by atoms with E-state index < -0.39 is 0 Å². The lowest BCUT2D eigenvalue weighted by atomic mass is 10.1. The lowest BCUT2D eigenvalue weighted by Gasteiger charge is -2.03. The molecular formula is C15H18BrClFNO. The van der Waals surface area contributed by atoms with Crippen LogP contribution in [0, 0.1) is 5.82 Å². The van der Waals surface area contributed by atoms with Crippen molar-refractivity contribution in [3.63, 3.8) is 0 Å². The number of aryl methyl sites for hydroxylation is 1. The molecule has 0 atom stereocenters. The van der Waals surface area contributed by atoms with Crippen molar-refractivity contribution in [1.29, 1.82) is 0 Å². The summed E-state index contributed by atoms with van der Waals surface area (Å²) in [5, 5.41) is 3.93. The first-order valence-electron chi connectivity index (χ1n) is 6.88. The third-order valence-electron chi connectivity index (χ3n) is 3.20. The molecule has 0 unspecified atom stereocenters. The molecule has 1 heterocycles. The average Bonchev–Trinajstić information content (AvgIpc) is 2.77. The molecule has 0 amide bonds. The van der Waals surface area contributed by atoms with Crippen LogP contribution < -0.4 is 5.32 Å². The van der Waals surface area contributed by atoms with Gasteiger partial charge in [-0.2, -0.15) is 0 Å². The van der Waals surface area contributed by atoms with Gasteiger partial charge < -0.3 is 9.73 Å². The fourth-order valence-electron chi connectivity index (χ4n) is 2.31. The summed E-state index contributed by atoms with van der Waals surface area (Å²) in [7, 11) is 0. The Bertz CT molecular complexity index is 612. The number of rotatable bonds is 6. The van der Waals surface area contributed by atoms with E-state index in [-0.39, 0.29) is 10.8 Å². The lowest BCUT2D eigenvalue weighted by Crippen LogP contribution is -2.14. The van der Waals surface area contributed by atoms with Gasteiger partial charge in [0.2, 0.25) is 0 Å². The standard InChI is InChI=1S/C15H18BrClFNO/c1-3-5-9-12(8-19-6-4-2)20-15-10(16)7-11(17)14(18)13(9)15/h7,19H,3-6,8H2,1-2H3. The number of benzene rings is 1. The van der Waals surface area contributed by atoms with E-state index in [9.17, 15) is 4.39 Å². The summed E-state index contributed by atoms with van der Waals surface area (Å²) in [6, 6.07) is 1.54. The molecule has 0 aliphatic rings. The zero-order valence-electron chi connectivity index (χ0n) is 11.7. The molecular weight excluding hydrogens is 345 g/mol. The van der Waals surface area contributed by atoms with Crippen LogP contribution in [0.25, 0.3) is 11.0 Å². The van der Waals surface area contributed by atoms with Crippen LogP contribution in [0.15, 0.2) is 15.0 Å². The van der Waals surface area contributed by atoms with E-state index in [4.69, 9.17) is 16.0 Å². The second-order valence-electron chi connectivity index (χ2n) is 4.79. The summed E-state index contributed by atoms with van der Waals surface area (Å²) < 4.78 is 20.9. The molecule has 1 aromatic heterocycles. The van der Waals surface area contributed by atoms with E-state index in [0.717, 1.165) is 37.1 Å². The van der Waals surface area contributed by atoms with Crippen LogP contribution in [0.3, 0.4) is 0 Å². The Balaban J connectivity index is 2.54. The first-order valence-corrected chi connectivity index (χ1v) is 8.05. The molecule has 0 saturated carbocycles. The average molecular weight is 363 g/mol. The van der Waals surface area contributed by atoms with Gasteiger partial charge in [-0.3, -0.25) is 0 Å². The second kappa shape index (κ2) is 6.92. The number of halogens is 3. The van der Waals surface area contributed by atoms with Crippen molar-refractivity contribution in [2.24, 2.45) is 0 Å². The van der Waals surface area contributed by atoms with Crippen molar-refractivity contribution >= 4 is 38.5 Å². The van der Waals surface area contributed by atoms with Crippen LogP contribution in [0.5, 0.6) is 0 Å². The van der Waals surface area contributed by atoms with Crippen molar-refractivity contribution in [3.8, 4) is 0 Å². The maximum absolute atomic E-state index is 14.3. The van der Waals surface area contributed by atoms with Crippen molar-refractivity contribution in [2.45, 2.75) is 39.7 Å². The van der Waals surface area contributed by atoms with Crippen molar-refractivity contribution in [1.82, 2.24) is 5.32 Å². The zero-order chi connectivity index (χ0) is 14.7. The third kappa shape index (κ3) is 3.02. The lowest BCUT2D eigenvalue weighted by molar-refractivity contribution is 0.505. The number of nitrogens with one attached hydrogen (secondary N) is 1. The zero-order valence-corrected chi connectivity index (χ0v) is 14.0. The minimum absolute atomic E-state index is 0.121. The SMILES string of the molecule is CCCNCc1oc2c(Br)cc(Cl)c(F)c2c1CCC. The van der Waals surface area contributed by atoms with Crippen molar-refractivity contribution in [3.05, 3.63) is 32.7 Å². The molecule has 5 heteroatoms. The quantitative estimate of drug-likeness (QED) is 0.547. The summed E-state index contributed by atoms with van der Waals surface area (Å²) in [5.74, 6) is 0.413. The Hall–Kier alpha value is -0.580. The molecule has 1 aromatic carbocycles. The van der Waals surface area contributed by atoms with Crippen molar-refractivity contribution in [2.75, 3.05) is 6.54 Å². The molecule has 0 spiro atoms. The largest absolute Gasteiger partial charge is 0.458 e. The Kier molecular flexibility index (Phi) is 5.47. The molecule has 2 nitrogen and oxygen atoms in total. The van der Waals surface area contributed by atoms with Crippen LogP contribution in [0.1, 0.15) is 38.0 Å². The highest BCUT2D eigenvalue weighted by Crippen LogP contribution is 2.37.